The molecule has 1 saturated heterocycles. The highest BCUT2D eigenvalue weighted by molar-refractivity contribution is 5.76. The van der Waals surface area contributed by atoms with E-state index < -0.39 is 0 Å². The summed E-state index contributed by atoms with van der Waals surface area (Å²) in [4.78, 5) is 11.8. The quantitative estimate of drug-likeness (QED) is 0.445. The Labute approximate surface area is 200 Å². The first-order valence-corrected chi connectivity index (χ1v) is 12.1. The highest BCUT2D eigenvalue weighted by Crippen LogP contribution is 2.38. The topological polar surface area (TPSA) is 84.2 Å². The molecule has 34 heavy (non-hydrogen) atoms. The van der Waals surface area contributed by atoms with Crippen LogP contribution >= 0.6 is 0 Å². The summed E-state index contributed by atoms with van der Waals surface area (Å²) in [5.41, 5.74) is 8.10. The molecule has 0 unspecified atom stereocenters. The number of aromatic amines is 1. The van der Waals surface area contributed by atoms with Crippen LogP contribution in [-0.2, 0) is 0 Å². The molecule has 0 radical (unpaired) electrons. The summed E-state index contributed by atoms with van der Waals surface area (Å²) in [5, 5.41) is 12.3. The predicted octanol–water partition coefficient (Wildman–Crippen LogP) is 4.82. The van der Waals surface area contributed by atoms with Crippen molar-refractivity contribution in [3.8, 4) is 28.4 Å². The number of piperidine rings is 1. The van der Waals surface area contributed by atoms with Crippen LogP contribution in [0.3, 0.4) is 0 Å². The molecule has 0 saturated carbocycles. The largest absolute Gasteiger partial charge is 0.493 e. The van der Waals surface area contributed by atoms with Gasteiger partial charge in [0.25, 0.3) is 0 Å². The number of aromatic nitrogens is 6. The van der Waals surface area contributed by atoms with Crippen LogP contribution in [0.1, 0.15) is 62.1 Å². The third kappa shape index (κ3) is 3.96. The average Bonchev–Trinajstić information content (AvgIpc) is 3.50. The summed E-state index contributed by atoms with van der Waals surface area (Å²) in [6, 6.07) is 4.30. The minimum absolute atomic E-state index is 0.250. The van der Waals surface area contributed by atoms with E-state index >= 15 is 0 Å². The molecule has 4 aromatic rings. The molecule has 8 nitrogen and oxygen atoms in total. The van der Waals surface area contributed by atoms with Crippen molar-refractivity contribution in [2.24, 2.45) is 0 Å². The number of aryl methyl sites for hydroxylation is 1. The average molecular weight is 460 g/mol. The SMILES string of the molecule is CCN1CCC(c2cnc(-c3n[nH]c(-c4cc(OC)c5ncnn5c4)c3C(C)C)c(C)c2)CC1. The van der Waals surface area contributed by atoms with Gasteiger partial charge in [0.2, 0.25) is 0 Å². The Kier molecular flexibility index (Phi) is 6.08. The van der Waals surface area contributed by atoms with Crippen molar-refractivity contribution >= 4 is 5.65 Å². The highest BCUT2D eigenvalue weighted by atomic mass is 16.5. The molecule has 1 N–H and O–H groups in total. The number of likely N-dealkylation sites (tertiary alicyclic amines) is 1. The lowest BCUT2D eigenvalue weighted by atomic mass is 9.89. The van der Waals surface area contributed by atoms with Gasteiger partial charge in [0, 0.05) is 23.5 Å². The number of nitrogens with one attached hydrogen (secondary N) is 1. The second kappa shape index (κ2) is 9.18. The number of hydrogen-bond acceptors (Lipinski definition) is 6. The molecule has 8 heteroatoms. The summed E-state index contributed by atoms with van der Waals surface area (Å²) in [6.07, 6.45) is 7.96. The first-order valence-electron chi connectivity index (χ1n) is 12.1. The minimum atomic E-state index is 0.250. The van der Waals surface area contributed by atoms with E-state index in [1.54, 1.807) is 11.6 Å². The maximum absolute atomic E-state index is 5.57. The van der Waals surface area contributed by atoms with Crippen LogP contribution in [-0.4, -0.2) is 61.4 Å². The lowest BCUT2D eigenvalue weighted by Gasteiger charge is -2.31. The Morgan fingerprint density at radius 3 is 2.62 bits per heavy atom. The molecule has 0 spiro atoms. The Balaban J connectivity index is 1.52. The maximum atomic E-state index is 5.57. The van der Waals surface area contributed by atoms with Gasteiger partial charge in [-0.15, -0.1) is 0 Å². The minimum Gasteiger partial charge on any atom is -0.493 e. The van der Waals surface area contributed by atoms with Gasteiger partial charge in [-0.05, 0) is 68.4 Å². The van der Waals surface area contributed by atoms with E-state index in [9.17, 15) is 0 Å². The van der Waals surface area contributed by atoms with Gasteiger partial charge in [-0.1, -0.05) is 26.8 Å². The molecule has 0 amide bonds. The number of ether oxygens (including phenoxy) is 1. The Bertz CT molecular complexity index is 1300. The molecular formula is C26H33N7O. The van der Waals surface area contributed by atoms with Crippen LogP contribution < -0.4 is 4.74 Å². The van der Waals surface area contributed by atoms with Crippen molar-refractivity contribution in [2.75, 3.05) is 26.7 Å². The van der Waals surface area contributed by atoms with Gasteiger partial charge in [-0.2, -0.15) is 10.2 Å². The van der Waals surface area contributed by atoms with Crippen molar-refractivity contribution in [3.63, 3.8) is 0 Å². The van der Waals surface area contributed by atoms with Crippen molar-refractivity contribution in [1.82, 2.24) is 34.7 Å². The molecule has 1 aliphatic rings. The lowest BCUT2D eigenvalue weighted by molar-refractivity contribution is 0.222. The molecular weight excluding hydrogens is 426 g/mol. The van der Waals surface area contributed by atoms with Gasteiger partial charge in [0.05, 0.1) is 18.5 Å². The Hall–Kier alpha value is -3.26. The zero-order valence-corrected chi connectivity index (χ0v) is 20.7. The smallest absolute Gasteiger partial charge is 0.197 e. The molecule has 0 atom stereocenters. The van der Waals surface area contributed by atoms with Gasteiger partial charge in [0.1, 0.15) is 12.0 Å². The first kappa shape index (κ1) is 22.5. The van der Waals surface area contributed by atoms with Crippen molar-refractivity contribution in [2.45, 2.75) is 52.4 Å². The van der Waals surface area contributed by atoms with E-state index in [1.807, 2.05) is 12.3 Å². The summed E-state index contributed by atoms with van der Waals surface area (Å²) in [6.45, 7) is 12.2. The number of methoxy groups -OCH3 is 1. The van der Waals surface area contributed by atoms with E-state index in [1.165, 1.54) is 43.4 Å². The summed E-state index contributed by atoms with van der Waals surface area (Å²) >= 11 is 0. The fraction of sp³-hybridized carbons (Fsp3) is 0.462. The number of pyridine rings is 2. The van der Waals surface area contributed by atoms with E-state index in [2.05, 4.69) is 60.0 Å². The van der Waals surface area contributed by atoms with Gasteiger partial charge >= 0.3 is 0 Å². The molecule has 178 valence electrons. The van der Waals surface area contributed by atoms with Crippen LogP contribution in [0.15, 0.2) is 30.9 Å². The summed E-state index contributed by atoms with van der Waals surface area (Å²) in [7, 11) is 1.65. The molecule has 1 aliphatic heterocycles. The van der Waals surface area contributed by atoms with Crippen LogP contribution in [0.2, 0.25) is 0 Å². The molecule has 1 fully saturated rings. The maximum Gasteiger partial charge on any atom is 0.197 e. The molecule has 5 heterocycles. The molecule has 0 aromatic carbocycles. The second-order valence-corrected chi connectivity index (χ2v) is 9.48. The molecule has 5 rings (SSSR count). The third-order valence-corrected chi connectivity index (χ3v) is 7.06. The summed E-state index contributed by atoms with van der Waals surface area (Å²) in [5.74, 6) is 1.51. The highest BCUT2D eigenvalue weighted by Gasteiger charge is 2.24. The molecule has 0 bridgehead atoms. The molecule has 0 aliphatic carbocycles. The second-order valence-electron chi connectivity index (χ2n) is 9.48. The normalized spacial score (nSPS) is 15.5. The number of rotatable bonds is 6. The van der Waals surface area contributed by atoms with Crippen LogP contribution in [0.4, 0.5) is 0 Å². The zero-order chi connectivity index (χ0) is 23.8. The number of hydrogen-bond donors (Lipinski definition) is 1. The van der Waals surface area contributed by atoms with E-state index in [0.717, 1.165) is 34.8 Å². The van der Waals surface area contributed by atoms with Gasteiger partial charge < -0.3 is 9.64 Å². The standard InChI is InChI=1S/C26H33N7O/c1-6-32-9-7-18(8-10-32)19-11-17(4)23(27-13-19)25-22(16(2)3)24(30-31-25)20-12-21(34-5)26-28-15-29-33(26)14-20/h11-16,18H,6-10H2,1-5H3,(H,30,31). The fourth-order valence-corrected chi connectivity index (χ4v) is 5.15. The van der Waals surface area contributed by atoms with Gasteiger partial charge in [-0.3, -0.25) is 10.1 Å². The van der Waals surface area contributed by atoms with Crippen LogP contribution in [0, 0.1) is 6.92 Å². The fourth-order valence-electron chi connectivity index (χ4n) is 5.15. The third-order valence-electron chi connectivity index (χ3n) is 7.06. The van der Waals surface area contributed by atoms with Crippen molar-refractivity contribution in [3.05, 3.63) is 47.5 Å². The van der Waals surface area contributed by atoms with E-state index in [0.29, 0.717) is 17.3 Å². The van der Waals surface area contributed by atoms with Gasteiger partial charge in [-0.25, -0.2) is 9.50 Å². The van der Waals surface area contributed by atoms with Crippen LogP contribution in [0.25, 0.3) is 28.3 Å². The Morgan fingerprint density at radius 1 is 1.15 bits per heavy atom. The number of nitrogens with zero attached hydrogens (tertiary/aromatic N) is 6. The predicted molar refractivity (Wildman–Crippen MR) is 133 cm³/mol. The monoisotopic (exact) mass is 459 g/mol. The van der Waals surface area contributed by atoms with Crippen LogP contribution in [0.5, 0.6) is 5.75 Å². The Morgan fingerprint density at radius 2 is 1.94 bits per heavy atom. The van der Waals surface area contributed by atoms with Crippen molar-refractivity contribution in [1.29, 1.82) is 0 Å². The number of fused-ring (bicyclic) bond motifs is 1. The lowest BCUT2D eigenvalue weighted by Crippen LogP contribution is -2.32. The zero-order valence-electron chi connectivity index (χ0n) is 20.7. The van der Waals surface area contributed by atoms with Crippen molar-refractivity contribution < 1.29 is 4.74 Å². The molecule has 4 aromatic heterocycles. The van der Waals surface area contributed by atoms with Gasteiger partial charge in [0.15, 0.2) is 11.4 Å². The summed E-state index contributed by atoms with van der Waals surface area (Å²) < 4.78 is 7.31. The van der Waals surface area contributed by atoms with E-state index in [4.69, 9.17) is 14.8 Å². The van der Waals surface area contributed by atoms with E-state index in [-0.39, 0.29) is 5.92 Å². The number of H-pyrrole nitrogens is 1. The first-order chi connectivity index (χ1) is 16.5.